The third-order valence-corrected chi connectivity index (χ3v) is 5.72. The summed E-state index contributed by atoms with van der Waals surface area (Å²) in [6.07, 6.45) is 3.35. The number of pyridine rings is 2. The number of rotatable bonds is 3. The molecule has 7 heteroatoms. The van der Waals surface area contributed by atoms with Crippen LogP contribution in [0.5, 0.6) is 0 Å². The van der Waals surface area contributed by atoms with Crippen LogP contribution in [0.4, 0.5) is 0 Å². The number of aromatic amines is 1. The van der Waals surface area contributed by atoms with Crippen LogP contribution in [0.15, 0.2) is 35.3 Å². The number of H-pyrrole nitrogens is 1. The number of fused-ring (bicyclic) bond motifs is 4. The van der Waals surface area contributed by atoms with Crippen molar-refractivity contribution < 1.29 is 9.59 Å². The van der Waals surface area contributed by atoms with Crippen molar-refractivity contribution in [3.63, 3.8) is 0 Å². The van der Waals surface area contributed by atoms with E-state index < -0.39 is 0 Å². The zero-order chi connectivity index (χ0) is 19.8. The Balaban J connectivity index is 1.60. The zero-order valence-electron chi connectivity index (χ0n) is 16.1. The molecule has 1 N–H and O–H groups in total. The quantitative estimate of drug-likeness (QED) is 0.877. The van der Waals surface area contributed by atoms with Gasteiger partial charge in [-0.15, -0.1) is 0 Å². The molecule has 0 saturated carbocycles. The second-order valence-corrected chi connectivity index (χ2v) is 7.76. The monoisotopic (exact) mass is 380 g/mol. The van der Waals surface area contributed by atoms with Crippen molar-refractivity contribution in [3.8, 4) is 0 Å². The lowest BCUT2D eigenvalue weighted by molar-refractivity contribution is -0.140. The van der Waals surface area contributed by atoms with Crippen molar-refractivity contribution in [2.45, 2.75) is 39.3 Å². The summed E-state index contributed by atoms with van der Waals surface area (Å²) in [5.41, 5.74) is 2.05. The van der Waals surface area contributed by atoms with Gasteiger partial charge in [-0.3, -0.25) is 19.4 Å². The Kier molecular flexibility index (Phi) is 4.75. The number of carbonyl (C=O) groups is 2. The molecular formula is C21H24N4O3. The standard InChI is InChI=1S/C21H24N4O3/c1-13-9-14(2)23-19(26)18(13)21(28)24-10-15-6-7-17(12-24)25(20(15)27)11-16-5-3-4-8-22-16/h3-5,8-9,15,17H,6-7,10-12H2,1-2H3,(H,23,26)/t15-,17+/m0/s1. The molecule has 5 heterocycles. The fourth-order valence-electron chi connectivity index (χ4n) is 4.36. The highest BCUT2D eigenvalue weighted by atomic mass is 16.2. The van der Waals surface area contributed by atoms with Gasteiger partial charge in [0.2, 0.25) is 5.91 Å². The molecular weight excluding hydrogens is 356 g/mol. The minimum Gasteiger partial charge on any atom is -0.336 e. The van der Waals surface area contributed by atoms with Crippen molar-refractivity contribution in [1.82, 2.24) is 19.8 Å². The van der Waals surface area contributed by atoms with E-state index in [1.54, 1.807) is 31.0 Å². The summed E-state index contributed by atoms with van der Waals surface area (Å²) >= 11 is 0. The lowest BCUT2D eigenvalue weighted by Crippen LogP contribution is -2.47. The van der Waals surface area contributed by atoms with Crippen molar-refractivity contribution >= 4 is 11.8 Å². The molecule has 2 aromatic rings. The molecule has 0 aromatic carbocycles. The van der Waals surface area contributed by atoms with Crippen LogP contribution >= 0.6 is 0 Å². The molecule has 3 aliphatic rings. The molecule has 28 heavy (non-hydrogen) atoms. The molecule has 3 aliphatic heterocycles. The molecule has 3 fully saturated rings. The van der Waals surface area contributed by atoms with Crippen LogP contribution in [-0.2, 0) is 11.3 Å². The third kappa shape index (κ3) is 3.32. The number of aromatic nitrogens is 2. The van der Waals surface area contributed by atoms with Gasteiger partial charge in [-0.25, -0.2) is 0 Å². The maximum absolute atomic E-state index is 13.2. The number of nitrogens with one attached hydrogen (secondary N) is 1. The van der Waals surface area contributed by atoms with Crippen LogP contribution in [0.3, 0.4) is 0 Å². The second-order valence-electron chi connectivity index (χ2n) is 7.76. The molecule has 3 saturated heterocycles. The lowest BCUT2D eigenvalue weighted by Gasteiger charge is -2.35. The van der Waals surface area contributed by atoms with E-state index in [-0.39, 0.29) is 34.9 Å². The van der Waals surface area contributed by atoms with E-state index >= 15 is 0 Å². The average Bonchev–Trinajstić information content (AvgIpc) is 2.94. The Hall–Kier alpha value is -2.96. The molecule has 2 amide bonds. The summed E-state index contributed by atoms with van der Waals surface area (Å²) in [6.45, 7) is 4.83. The lowest BCUT2D eigenvalue weighted by atomic mass is 9.94. The SMILES string of the molecule is Cc1cc(C)c(C(=O)N2C[C@@H]3CC[C@H](C2)N(Cc2ccccn2)C3=O)c(=O)[nH]1. The Morgan fingerprint density at radius 2 is 2.04 bits per heavy atom. The molecule has 7 nitrogen and oxygen atoms in total. The van der Waals surface area contributed by atoms with Crippen LogP contribution in [0, 0.1) is 19.8 Å². The maximum Gasteiger partial charge on any atom is 0.261 e. The van der Waals surface area contributed by atoms with Crippen molar-refractivity contribution in [2.24, 2.45) is 5.92 Å². The summed E-state index contributed by atoms with van der Waals surface area (Å²) in [5.74, 6) is -0.439. The van der Waals surface area contributed by atoms with Gasteiger partial charge in [0.05, 0.1) is 18.2 Å². The zero-order valence-corrected chi connectivity index (χ0v) is 16.1. The van der Waals surface area contributed by atoms with Crippen LogP contribution < -0.4 is 5.56 Å². The van der Waals surface area contributed by atoms with Crippen LogP contribution in [0.2, 0.25) is 0 Å². The highest BCUT2D eigenvalue weighted by Crippen LogP contribution is 2.31. The number of hydrogen-bond acceptors (Lipinski definition) is 4. The number of nitrogens with zero attached hydrogens (tertiary/aromatic N) is 3. The fraction of sp³-hybridized carbons (Fsp3) is 0.429. The van der Waals surface area contributed by atoms with E-state index in [2.05, 4.69) is 9.97 Å². The number of carbonyl (C=O) groups excluding carboxylic acids is 2. The van der Waals surface area contributed by atoms with E-state index in [4.69, 9.17) is 0 Å². The molecule has 2 bridgehead atoms. The first kappa shape index (κ1) is 18.4. The smallest absolute Gasteiger partial charge is 0.261 e. The summed E-state index contributed by atoms with van der Waals surface area (Å²) in [6, 6.07) is 7.42. The van der Waals surface area contributed by atoms with Gasteiger partial charge in [-0.2, -0.15) is 0 Å². The van der Waals surface area contributed by atoms with E-state index in [0.717, 1.165) is 24.2 Å². The van der Waals surface area contributed by atoms with E-state index in [1.165, 1.54) is 0 Å². The predicted octanol–water partition coefficient (Wildman–Crippen LogP) is 1.65. The van der Waals surface area contributed by atoms with Gasteiger partial charge >= 0.3 is 0 Å². The first-order valence-corrected chi connectivity index (χ1v) is 9.64. The summed E-state index contributed by atoms with van der Waals surface area (Å²) in [7, 11) is 0. The van der Waals surface area contributed by atoms with Crippen LogP contribution in [-0.4, -0.2) is 50.7 Å². The van der Waals surface area contributed by atoms with E-state index in [1.807, 2.05) is 23.1 Å². The minimum absolute atomic E-state index is 0.0537. The van der Waals surface area contributed by atoms with Gasteiger partial charge in [-0.05, 0) is 50.5 Å². The topological polar surface area (TPSA) is 86.4 Å². The molecule has 0 aliphatic carbocycles. The molecule has 2 aromatic heterocycles. The van der Waals surface area contributed by atoms with Gasteiger partial charge in [0.25, 0.3) is 11.5 Å². The largest absolute Gasteiger partial charge is 0.336 e. The number of piperidine rings is 1. The third-order valence-electron chi connectivity index (χ3n) is 5.72. The predicted molar refractivity (Wildman–Crippen MR) is 104 cm³/mol. The van der Waals surface area contributed by atoms with E-state index in [0.29, 0.717) is 25.2 Å². The minimum atomic E-state index is -0.365. The maximum atomic E-state index is 13.2. The molecule has 0 spiro atoms. The number of hydrogen-bond donors (Lipinski definition) is 1. The Morgan fingerprint density at radius 1 is 1.21 bits per heavy atom. The van der Waals surface area contributed by atoms with Crippen LogP contribution in [0.25, 0.3) is 0 Å². The Bertz CT molecular complexity index is 969. The van der Waals surface area contributed by atoms with Gasteiger partial charge < -0.3 is 14.8 Å². The van der Waals surface area contributed by atoms with Gasteiger partial charge in [0.1, 0.15) is 5.56 Å². The normalized spacial score (nSPS) is 21.7. The number of amides is 2. The number of aryl methyl sites for hydroxylation is 2. The highest BCUT2D eigenvalue weighted by Gasteiger charge is 2.42. The molecule has 146 valence electrons. The molecule has 0 unspecified atom stereocenters. The van der Waals surface area contributed by atoms with Crippen molar-refractivity contribution in [1.29, 1.82) is 0 Å². The van der Waals surface area contributed by atoms with Crippen molar-refractivity contribution in [2.75, 3.05) is 13.1 Å². The van der Waals surface area contributed by atoms with Gasteiger partial charge in [0.15, 0.2) is 0 Å². The average molecular weight is 380 g/mol. The first-order valence-electron chi connectivity index (χ1n) is 9.64. The van der Waals surface area contributed by atoms with Crippen LogP contribution in [0.1, 0.15) is 40.2 Å². The van der Waals surface area contributed by atoms with Crippen molar-refractivity contribution in [3.05, 3.63) is 63.3 Å². The summed E-state index contributed by atoms with van der Waals surface area (Å²) < 4.78 is 0. The summed E-state index contributed by atoms with van der Waals surface area (Å²) in [5, 5.41) is 0. The highest BCUT2D eigenvalue weighted by molar-refractivity contribution is 5.96. The molecule has 0 radical (unpaired) electrons. The molecule has 5 rings (SSSR count). The Labute approximate surface area is 163 Å². The second kappa shape index (κ2) is 7.22. The fourth-order valence-corrected chi connectivity index (χ4v) is 4.36. The van der Waals surface area contributed by atoms with Gasteiger partial charge in [-0.1, -0.05) is 6.07 Å². The first-order chi connectivity index (χ1) is 13.4. The Morgan fingerprint density at radius 3 is 2.75 bits per heavy atom. The molecule has 2 atom stereocenters. The van der Waals surface area contributed by atoms with Gasteiger partial charge in [0, 0.05) is 31.0 Å². The summed E-state index contributed by atoms with van der Waals surface area (Å²) in [4.78, 5) is 49.1. The van der Waals surface area contributed by atoms with E-state index in [9.17, 15) is 14.4 Å².